The molecule has 0 unspecified atom stereocenters. The van der Waals surface area contributed by atoms with Gasteiger partial charge in [0.2, 0.25) is 18.0 Å². The standard InChI is InChI=1S/C26H31NO9/c1-7-22(29)35-14-36-26(30)27(2)18-10-8-15-12-21(32-4)24(33-5)25(34-6)23(15)16-9-11-20(31-3)19(28)13-17(16)18/h9,11-13,18H,7-8,10,14H2,1-6H3/t18-/m0/s1. The molecule has 0 heterocycles. The molecule has 36 heavy (non-hydrogen) atoms. The van der Waals surface area contributed by atoms with Crippen molar-refractivity contribution in [3.8, 4) is 34.1 Å². The van der Waals surface area contributed by atoms with E-state index in [2.05, 4.69) is 0 Å². The van der Waals surface area contributed by atoms with Gasteiger partial charge in [-0.1, -0.05) is 13.0 Å². The van der Waals surface area contributed by atoms with Crippen LogP contribution in [0.5, 0.6) is 23.0 Å². The molecule has 0 saturated carbocycles. The number of nitrogens with zero attached hydrogens (tertiary/aromatic N) is 1. The minimum absolute atomic E-state index is 0.152. The van der Waals surface area contributed by atoms with E-state index < -0.39 is 24.9 Å². The summed E-state index contributed by atoms with van der Waals surface area (Å²) in [5.74, 6) is 1.03. The largest absolute Gasteiger partial charge is 0.493 e. The quantitative estimate of drug-likeness (QED) is 0.395. The van der Waals surface area contributed by atoms with E-state index in [4.69, 9.17) is 28.4 Å². The third-order valence-corrected chi connectivity index (χ3v) is 6.14. The zero-order valence-corrected chi connectivity index (χ0v) is 21.3. The van der Waals surface area contributed by atoms with E-state index in [1.807, 2.05) is 6.07 Å². The Morgan fingerprint density at radius 3 is 2.25 bits per heavy atom. The van der Waals surface area contributed by atoms with E-state index >= 15 is 0 Å². The van der Waals surface area contributed by atoms with E-state index in [-0.39, 0.29) is 17.6 Å². The number of benzene rings is 1. The molecule has 0 N–H and O–H groups in total. The van der Waals surface area contributed by atoms with E-state index in [0.717, 1.165) is 11.1 Å². The average Bonchev–Trinajstić information content (AvgIpc) is 3.14. The highest BCUT2D eigenvalue weighted by Crippen LogP contribution is 2.50. The summed E-state index contributed by atoms with van der Waals surface area (Å²) in [5.41, 5.74) is 2.53. The van der Waals surface area contributed by atoms with Crippen LogP contribution >= 0.6 is 0 Å². The molecule has 2 aromatic carbocycles. The summed E-state index contributed by atoms with van der Waals surface area (Å²) in [5, 5.41) is 0. The Kier molecular flexibility index (Phi) is 8.63. The Morgan fingerprint density at radius 2 is 1.64 bits per heavy atom. The molecule has 0 spiro atoms. The molecule has 1 amide bonds. The Labute approximate surface area is 209 Å². The second kappa shape index (κ2) is 11.7. The zero-order valence-electron chi connectivity index (χ0n) is 21.3. The van der Waals surface area contributed by atoms with Gasteiger partial charge >= 0.3 is 12.1 Å². The van der Waals surface area contributed by atoms with Crippen molar-refractivity contribution in [3.63, 3.8) is 0 Å². The normalized spacial score (nSPS) is 13.9. The minimum Gasteiger partial charge on any atom is -0.493 e. The molecule has 10 nitrogen and oxygen atoms in total. The third-order valence-electron chi connectivity index (χ3n) is 6.14. The summed E-state index contributed by atoms with van der Waals surface area (Å²) < 4.78 is 32.2. The lowest BCUT2D eigenvalue weighted by Gasteiger charge is -2.27. The van der Waals surface area contributed by atoms with Gasteiger partial charge in [0.05, 0.1) is 34.5 Å². The summed E-state index contributed by atoms with van der Waals surface area (Å²) >= 11 is 0. The number of methoxy groups -OCH3 is 4. The molecule has 0 bridgehead atoms. The summed E-state index contributed by atoms with van der Waals surface area (Å²) in [6.45, 7) is 1.14. The van der Waals surface area contributed by atoms with Crippen LogP contribution in [-0.4, -0.2) is 59.2 Å². The zero-order chi connectivity index (χ0) is 26.4. The second-order valence-electron chi connectivity index (χ2n) is 8.02. The number of hydrogen-bond donors (Lipinski definition) is 0. The van der Waals surface area contributed by atoms with Gasteiger partial charge in [-0.15, -0.1) is 0 Å². The van der Waals surface area contributed by atoms with Crippen molar-refractivity contribution in [2.75, 3.05) is 42.3 Å². The summed E-state index contributed by atoms with van der Waals surface area (Å²) in [6.07, 6.45) is 0.461. The molecular formula is C26H31NO9. The van der Waals surface area contributed by atoms with Crippen molar-refractivity contribution < 1.29 is 38.0 Å². The maximum absolute atomic E-state index is 12.9. The molecule has 1 aliphatic rings. The predicted octanol–water partition coefficient (Wildman–Crippen LogP) is 3.71. The van der Waals surface area contributed by atoms with Crippen molar-refractivity contribution in [2.24, 2.45) is 0 Å². The van der Waals surface area contributed by atoms with E-state index in [0.29, 0.717) is 41.2 Å². The van der Waals surface area contributed by atoms with Gasteiger partial charge in [0.15, 0.2) is 17.2 Å². The smallest absolute Gasteiger partial charge is 0.412 e. The maximum Gasteiger partial charge on any atom is 0.412 e. The van der Waals surface area contributed by atoms with Gasteiger partial charge in [0, 0.05) is 19.0 Å². The van der Waals surface area contributed by atoms with Crippen LogP contribution in [0.25, 0.3) is 11.1 Å². The molecule has 2 aromatic rings. The third kappa shape index (κ3) is 5.17. The predicted molar refractivity (Wildman–Crippen MR) is 131 cm³/mol. The molecular weight excluding hydrogens is 470 g/mol. The fraction of sp³-hybridized carbons (Fsp3) is 0.423. The van der Waals surface area contributed by atoms with Crippen molar-refractivity contribution >= 4 is 12.1 Å². The molecule has 3 rings (SSSR count). The highest BCUT2D eigenvalue weighted by Gasteiger charge is 2.32. The monoisotopic (exact) mass is 501 g/mol. The van der Waals surface area contributed by atoms with Crippen LogP contribution in [0.3, 0.4) is 0 Å². The Hall–Kier alpha value is -3.95. The fourth-order valence-electron chi connectivity index (χ4n) is 4.33. The Bertz CT molecular complexity index is 1190. The number of fused-ring (bicyclic) bond motifs is 3. The van der Waals surface area contributed by atoms with Crippen LogP contribution in [0.4, 0.5) is 4.79 Å². The molecule has 194 valence electrons. The topological polar surface area (TPSA) is 110 Å². The lowest BCUT2D eigenvalue weighted by molar-refractivity contribution is -0.152. The highest BCUT2D eigenvalue weighted by molar-refractivity contribution is 5.83. The molecule has 0 radical (unpaired) electrons. The van der Waals surface area contributed by atoms with Crippen LogP contribution in [0, 0.1) is 0 Å². The number of carbonyl (C=O) groups excluding carboxylic acids is 2. The molecule has 1 aliphatic carbocycles. The SMILES string of the molecule is CCC(=O)OCOC(=O)N(C)[C@H]1CCc2cc(OC)c(OC)c(OC)c2-c2ccc(OC)c(=O)cc21. The number of aryl methyl sites for hydroxylation is 1. The van der Waals surface area contributed by atoms with Gasteiger partial charge < -0.3 is 33.3 Å². The van der Waals surface area contributed by atoms with Gasteiger partial charge in [-0.25, -0.2) is 4.79 Å². The Balaban J connectivity index is 2.18. The second-order valence-corrected chi connectivity index (χ2v) is 8.02. The molecule has 10 heteroatoms. The van der Waals surface area contributed by atoms with Crippen molar-refractivity contribution in [3.05, 3.63) is 45.6 Å². The van der Waals surface area contributed by atoms with Gasteiger partial charge in [-0.05, 0) is 47.7 Å². The van der Waals surface area contributed by atoms with E-state index in [9.17, 15) is 14.4 Å². The number of ether oxygens (including phenoxy) is 6. The van der Waals surface area contributed by atoms with Crippen molar-refractivity contribution in [1.29, 1.82) is 0 Å². The van der Waals surface area contributed by atoms with Gasteiger partial charge in [-0.2, -0.15) is 0 Å². The Morgan fingerprint density at radius 1 is 0.944 bits per heavy atom. The number of rotatable bonds is 8. The van der Waals surface area contributed by atoms with Gasteiger partial charge in [0.1, 0.15) is 0 Å². The van der Waals surface area contributed by atoms with E-state index in [1.54, 1.807) is 33.2 Å². The van der Waals surface area contributed by atoms with E-state index in [1.165, 1.54) is 32.3 Å². The van der Waals surface area contributed by atoms with Gasteiger partial charge in [-0.3, -0.25) is 9.59 Å². The molecule has 0 aliphatic heterocycles. The van der Waals surface area contributed by atoms with Crippen LogP contribution in [0.1, 0.15) is 36.9 Å². The average molecular weight is 502 g/mol. The van der Waals surface area contributed by atoms with Crippen molar-refractivity contribution in [2.45, 2.75) is 32.2 Å². The number of hydrogen-bond acceptors (Lipinski definition) is 9. The summed E-state index contributed by atoms with van der Waals surface area (Å²) in [6, 6.07) is 6.14. The molecule has 0 fully saturated rings. The lowest BCUT2D eigenvalue weighted by atomic mass is 9.95. The van der Waals surface area contributed by atoms with Crippen molar-refractivity contribution in [1.82, 2.24) is 4.90 Å². The molecule has 0 aromatic heterocycles. The maximum atomic E-state index is 12.9. The van der Waals surface area contributed by atoms with Crippen LogP contribution in [0.2, 0.25) is 0 Å². The first-order valence-corrected chi connectivity index (χ1v) is 11.4. The van der Waals surface area contributed by atoms with Crippen LogP contribution < -0.4 is 24.4 Å². The fourth-order valence-corrected chi connectivity index (χ4v) is 4.33. The minimum atomic E-state index is -0.700. The number of carbonyl (C=O) groups is 2. The lowest BCUT2D eigenvalue weighted by Crippen LogP contribution is -2.33. The van der Waals surface area contributed by atoms with Crippen LogP contribution in [0.15, 0.2) is 29.1 Å². The first kappa shape index (κ1) is 26.7. The summed E-state index contributed by atoms with van der Waals surface area (Å²) in [7, 11) is 7.58. The number of amides is 1. The first-order chi connectivity index (χ1) is 17.3. The first-order valence-electron chi connectivity index (χ1n) is 11.4. The van der Waals surface area contributed by atoms with Gasteiger partial charge in [0.25, 0.3) is 0 Å². The van der Waals surface area contributed by atoms with Crippen LogP contribution in [-0.2, 0) is 20.7 Å². The highest BCUT2D eigenvalue weighted by atomic mass is 16.7. The summed E-state index contributed by atoms with van der Waals surface area (Å²) in [4.78, 5) is 38.6. The molecule has 0 saturated heterocycles. The number of esters is 1. The molecule has 1 atom stereocenters.